The van der Waals surface area contributed by atoms with Gasteiger partial charge >= 0.3 is 0 Å². The van der Waals surface area contributed by atoms with Gasteiger partial charge in [0.25, 0.3) is 11.5 Å². The van der Waals surface area contributed by atoms with Crippen molar-refractivity contribution in [2.45, 2.75) is 65.3 Å². The Morgan fingerprint density at radius 2 is 1.81 bits per heavy atom. The van der Waals surface area contributed by atoms with Crippen molar-refractivity contribution in [1.29, 1.82) is 0 Å². The fraction of sp³-hybridized carbons (Fsp3) is 0.382. The quantitative estimate of drug-likeness (QED) is 0.293. The van der Waals surface area contributed by atoms with E-state index in [4.69, 9.17) is 5.73 Å². The molecule has 7 heterocycles. The van der Waals surface area contributed by atoms with Crippen LogP contribution in [0, 0.1) is 5.41 Å². The number of aromatic nitrogens is 7. The molecule has 0 aliphatic carbocycles. The van der Waals surface area contributed by atoms with Crippen molar-refractivity contribution >= 4 is 29.0 Å². The number of hydrogen-bond acceptors (Lipinski definition) is 8. The van der Waals surface area contributed by atoms with Crippen LogP contribution in [0.1, 0.15) is 74.1 Å². The summed E-state index contributed by atoms with van der Waals surface area (Å²) in [6.07, 6.45) is 8.82. The first-order valence-electron chi connectivity index (χ1n) is 16.1. The lowest BCUT2D eigenvalue weighted by atomic mass is 9.89. The molecule has 0 bridgehead atoms. The summed E-state index contributed by atoms with van der Waals surface area (Å²) in [4.78, 5) is 55.1. The first kappa shape index (κ1) is 30.3. The molecule has 0 aromatic carbocycles. The number of pyridine rings is 2. The highest BCUT2D eigenvalue weighted by Gasteiger charge is 2.33. The van der Waals surface area contributed by atoms with Crippen LogP contribution in [0.4, 0.5) is 11.6 Å². The van der Waals surface area contributed by atoms with E-state index in [-0.39, 0.29) is 17.4 Å². The summed E-state index contributed by atoms with van der Waals surface area (Å²) in [5.74, 6) is 1.00. The molecular weight excluding hydrogens is 596 g/mol. The summed E-state index contributed by atoms with van der Waals surface area (Å²) < 4.78 is 5.21. The molecule has 0 unspecified atom stereocenters. The molecule has 1 fully saturated rings. The van der Waals surface area contributed by atoms with Gasteiger partial charge in [-0.05, 0) is 62.4 Å². The largest absolute Gasteiger partial charge is 0.382 e. The van der Waals surface area contributed by atoms with Crippen molar-refractivity contribution in [2.75, 3.05) is 24.1 Å². The Kier molecular flexibility index (Phi) is 7.61. The predicted molar refractivity (Wildman–Crippen MR) is 177 cm³/mol. The van der Waals surface area contributed by atoms with Crippen LogP contribution in [0.3, 0.4) is 0 Å². The summed E-state index contributed by atoms with van der Waals surface area (Å²) in [6, 6.07) is 11.0. The third-order valence-electron chi connectivity index (χ3n) is 9.14. The Balaban J connectivity index is 1.15. The molecule has 13 nitrogen and oxygen atoms in total. The maximum absolute atomic E-state index is 13.6. The number of nitrogen functional groups attached to an aromatic ring is 1. The molecule has 5 aromatic rings. The summed E-state index contributed by atoms with van der Waals surface area (Å²) >= 11 is 0. The number of carbonyl (C=O) groups is 2. The first-order valence-corrected chi connectivity index (χ1v) is 16.1. The van der Waals surface area contributed by atoms with Gasteiger partial charge in [0.2, 0.25) is 5.91 Å². The van der Waals surface area contributed by atoms with E-state index < -0.39 is 16.9 Å². The van der Waals surface area contributed by atoms with E-state index in [1.54, 1.807) is 30.6 Å². The van der Waals surface area contributed by atoms with Gasteiger partial charge in [-0.3, -0.25) is 19.1 Å². The third-order valence-corrected chi connectivity index (χ3v) is 9.14. The van der Waals surface area contributed by atoms with Crippen molar-refractivity contribution < 1.29 is 9.59 Å². The van der Waals surface area contributed by atoms with Crippen LogP contribution in [0.2, 0.25) is 0 Å². The van der Waals surface area contributed by atoms with Crippen LogP contribution in [0.25, 0.3) is 22.5 Å². The van der Waals surface area contributed by atoms with Crippen molar-refractivity contribution in [3.63, 3.8) is 0 Å². The lowest BCUT2D eigenvalue weighted by Crippen LogP contribution is -2.43. The Morgan fingerprint density at radius 3 is 2.51 bits per heavy atom. The Hall–Kier alpha value is -5.33. The normalized spacial score (nSPS) is 15.5. The highest BCUT2D eigenvalue weighted by Crippen LogP contribution is 2.37. The molecule has 3 N–H and O–H groups in total. The maximum Gasteiger partial charge on any atom is 0.286 e. The lowest BCUT2D eigenvalue weighted by Gasteiger charge is -2.35. The van der Waals surface area contributed by atoms with E-state index in [0.29, 0.717) is 54.7 Å². The van der Waals surface area contributed by atoms with E-state index in [1.807, 2.05) is 47.0 Å². The number of carbonyl (C=O) groups excluding carboxylic acids is 2. The number of nitrogens with two attached hydrogens (primary N) is 1. The number of rotatable bonds is 5. The monoisotopic (exact) mass is 634 g/mol. The standard InChI is InChI=1S/C34H38N10O3/c1-34(2,3)33(47)41-16-12-21(13-17-41)25-18-23(29-30(35)38-20-39-43(25)29)22-10-11-26(37-19-22)40-31(45)28-24-8-5-7-15-42(24)44(32(28)46)27-9-4-6-14-36-27/h4,6,9-11,14,18-21H,5,7-8,12-13,15-17H2,1-3H3,(H2,35,38,39)(H,37,40,45). The van der Waals surface area contributed by atoms with Crippen LogP contribution in [0.15, 0.2) is 59.9 Å². The zero-order valence-electron chi connectivity index (χ0n) is 26.8. The molecule has 47 heavy (non-hydrogen) atoms. The van der Waals surface area contributed by atoms with E-state index in [9.17, 15) is 14.4 Å². The van der Waals surface area contributed by atoms with Crippen molar-refractivity contribution in [2.24, 2.45) is 5.41 Å². The van der Waals surface area contributed by atoms with E-state index in [0.717, 1.165) is 42.5 Å². The first-order chi connectivity index (χ1) is 22.6. The van der Waals surface area contributed by atoms with Crippen LogP contribution in [0.5, 0.6) is 0 Å². The fourth-order valence-electron chi connectivity index (χ4n) is 6.83. The van der Waals surface area contributed by atoms with Crippen molar-refractivity contribution in [3.05, 3.63) is 82.4 Å². The van der Waals surface area contributed by atoms with Crippen LogP contribution in [-0.2, 0) is 17.8 Å². The maximum atomic E-state index is 13.6. The topological polar surface area (TPSA) is 158 Å². The van der Waals surface area contributed by atoms with Crippen LogP contribution < -0.4 is 16.6 Å². The summed E-state index contributed by atoms with van der Waals surface area (Å²) in [5, 5.41) is 7.38. The number of piperidine rings is 1. The molecule has 0 saturated carbocycles. The molecule has 2 amide bonds. The SMILES string of the molecule is CC(C)(C)C(=O)N1CCC(c2cc(-c3ccc(NC(=O)c4c5n(n(-c6ccccn6)c4=O)CCCC5)nc3)c3c(N)ncnn23)CC1. The molecule has 0 atom stereocenters. The van der Waals surface area contributed by atoms with Crippen molar-refractivity contribution in [3.8, 4) is 16.9 Å². The average Bonchev–Trinajstić information content (AvgIpc) is 3.61. The van der Waals surface area contributed by atoms with E-state index in [1.165, 1.54) is 11.0 Å². The van der Waals surface area contributed by atoms with Gasteiger partial charge in [0, 0.05) is 60.2 Å². The number of amides is 2. The summed E-state index contributed by atoms with van der Waals surface area (Å²) in [6.45, 7) is 7.84. The van der Waals surface area contributed by atoms with E-state index in [2.05, 4.69) is 31.4 Å². The highest BCUT2D eigenvalue weighted by atomic mass is 16.2. The summed E-state index contributed by atoms with van der Waals surface area (Å²) in [7, 11) is 0. The number of likely N-dealkylation sites (tertiary alicyclic amines) is 1. The Morgan fingerprint density at radius 1 is 1.00 bits per heavy atom. The van der Waals surface area contributed by atoms with Gasteiger partial charge < -0.3 is 16.0 Å². The summed E-state index contributed by atoms with van der Waals surface area (Å²) in [5.41, 5.74) is 9.70. The second-order valence-electron chi connectivity index (χ2n) is 13.3. The van der Waals surface area contributed by atoms with Gasteiger partial charge in [-0.1, -0.05) is 26.8 Å². The van der Waals surface area contributed by atoms with Crippen LogP contribution >= 0.6 is 0 Å². The minimum atomic E-state index is -0.499. The molecule has 7 rings (SSSR count). The minimum absolute atomic E-state index is 0.115. The van der Waals surface area contributed by atoms with Gasteiger partial charge in [0.05, 0.1) is 5.69 Å². The smallest absolute Gasteiger partial charge is 0.286 e. The molecule has 2 aliphatic rings. The highest BCUT2D eigenvalue weighted by molar-refractivity contribution is 6.04. The Bertz CT molecular complexity index is 2030. The molecule has 5 aromatic heterocycles. The second-order valence-corrected chi connectivity index (χ2v) is 13.3. The molecule has 2 aliphatic heterocycles. The zero-order chi connectivity index (χ0) is 32.9. The third kappa shape index (κ3) is 5.45. The molecule has 13 heteroatoms. The number of nitrogens with zero attached hydrogens (tertiary/aromatic N) is 8. The van der Waals surface area contributed by atoms with Gasteiger partial charge in [-0.2, -0.15) is 9.78 Å². The molecule has 1 saturated heterocycles. The molecule has 0 spiro atoms. The Labute approximate surface area is 271 Å². The van der Waals surface area contributed by atoms with E-state index >= 15 is 0 Å². The molecular formula is C34H38N10O3. The predicted octanol–water partition coefficient (Wildman–Crippen LogP) is 4.06. The van der Waals surface area contributed by atoms with Gasteiger partial charge in [0.1, 0.15) is 23.2 Å². The zero-order valence-corrected chi connectivity index (χ0v) is 26.8. The average molecular weight is 635 g/mol. The van der Waals surface area contributed by atoms with Crippen LogP contribution in [-0.4, -0.2) is 63.7 Å². The molecule has 242 valence electrons. The number of nitrogens with one attached hydrogen (secondary N) is 1. The number of fused-ring (bicyclic) bond motifs is 2. The second kappa shape index (κ2) is 11.8. The van der Waals surface area contributed by atoms with Gasteiger partial charge in [-0.25, -0.2) is 19.5 Å². The minimum Gasteiger partial charge on any atom is -0.382 e. The number of anilines is 2. The molecule has 0 radical (unpaired) electrons. The van der Waals surface area contributed by atoms with Crippen molar-refractivity contribution in [1.82, 2.24) is 38.8 Å². The van der Waals surface area contributed by atoms with Gasteiger partial charge in [0.15, 0.2) is 11.6 Å². The fourth-order valence-corrected chi connectivity index (χ4v) is 6.83. The lowest BCUT2D eigenvalue weighted by molar-refractivity contribution is -0.140. The number of hydrogen-bond donors (Lipinski definition) is 2. The van der Waals surface area contributed by atoms with Gasteiger partial charge in [-0.15, -0.1) is 0 Å².